The van der Waals surface area contributed by atoms with Gasteiger partial charge in [0.2, 0.25) is 5.71 Å². The van der Waals surface area contributed by atoms with Crippen molar-refractivity contribution in [2.45, 2.75) is 6.92 Å². The van der Waals surface area contributed by atoms with Crippen LogP contribution in [0.2, 0.25) is 0 Å². The summed E-state index contributed by atoms with van der Waals surface area (Å²) in [5.74, 6) is 0.735. The van der Waals surface area contributed by atoms with Gasteiger partial charge in [-0.25, -0.2) is 4.98 Å². The van der Waals surface area contributed by atoms with E-state index in [2.05, 4.69) is 4.98 Å². The van der Waals surface area contributed by atoms with Gasteiger partial charge in [-0.3, -0.25) is 0 Å². The van der Waals surface area contributed by atoms with E-state index in [1.807, 2.05) is 19.1 Å². The summed E-state index contributed by atoms with van der Waals surface area (Å²) < 4.78 is 5.26. The molecule has 0 amide bonds. The summed E-state index contributed by atoms with van der Waals surface area (Å²) in [6, 6.07) is 3.74. The minimum atomic E-state index is 0.613. The van der Waals surface area contributed by atoms with Crippen molar-refractivity contribution >= 4 is 16.8 Å². The molecule has 2 aromatic heterocycles. The molecule has 0 saturated carbocycles. The maximum absolute atomic E-state index is 5.70. The van der Waals surface area contributed by atoms with Crippen molar-refractivity contribution in [1.82, 2.24) is 4.98 Å². The molecule has 2 aromatic rings. The monoisotopic (exact) mass is 148 g/mol. The molecule has 0 aliphatic heterocycles. The fourth-order valence-electron chi connectivity index (χ4n) is 1.07. The molecule has 0 unspecified atom stereocenters. The van der Waals surface area contributed by atoms with E-state index in [0.29, 0.717) is 11.4 Å². The number of fused-ring (bicyclic) bond motifs is 1. The van der Waals surface area contributed by atoms with Crippen LogP contribution >= 0.6 is 0 Å². The minimum absolute atomic E-state index is 0.613. The Morgan fingerprint density at radius 3 is 3.09 bits per heavy atom. The number of nitrogen functional groups attached to an aromatic ring is 1. The summed E-state index contributed by atoms with van der Waals surface area (Å²) in [7, 11) is 0. The highest BCUT2D eigenvalue weighted by Gasteiger charge is 2.05. The molecule has 56 valence electrons. The zero-order chi connectivity index (χ0) is 7.84. The van der Waals surface area contributed by atoms with Crippen LogP contribution in [-0.4, -0.2) is 4.98 Å². The Morgan fingerprint density at radius 1 is 1.55 bits per heavy atom. The van der Waals surface area contributed by atoms with Gasteiger partial charge < -0.3 is 10.2 Å². The highest BCUT2D eigenvalue weighted by atomic mass is 16.3. The minimum Gasteiger partial charge on any atom is -0.441 e. The van der Waals surface area contributed by atoms with Crippen LogP contribution in [0.3, 0.4) is 0 Å². The van der Waals surface area contributed by atoms with E-state index in [-0.39, 0.29) is 0 Å². The van der Waals surface area contributed by atoms with Gasteiger partial charge in [0.15, 0.2) is 0 Å². The van der Waals surface area contributed by atoms with Crippen molar-refractivity contribution in [3.8, 4) is 0 Å². The Morgan fingerprint density at radius 2 is 2.36 bits per heavy atom. The molecule has 2 rings (SSSR count). The largest absolute Gasteiger partial charge is 0.441 e. The van der Waals surface area contributed by atoms with Gasteiger partial charge >= 0.3 is 0 Å². The van der Waals surface area contributed by atoms with Gasteiger partial charge in [0, 0.05) is 6.20 Å². The van der Waals surface area contributed by atoms with Crippen LogP contribution in [0.1, 0.15) is 5.76 Å². The highest BCUT2D eigenvalue weighted by Crippen LogP contribution is 2.24. The first-order valence-electron chi connectivity index (χ1n) is 3.38. The molecule has 0 aromatic carbocycles. The maximum atomic E-state index is 5.70. The highest BCUT2D eigenvalue weighted by molar-refractivity contribution is 5.88. The second-order valence-electron chi connectivity index (χ2n) is 2.43. The van der Waals surface area contributed by atoms with Gasteiger partial charge in [-0.2, -0.15) is 0 Å². The summed E-state index contributed by atoms with van der Waals surface area (Å²) in [6.07, 6.45) is 1.69. The van der Waals surface area contributed by atoms with Crippen molar-refractivity contribution in [2.75, 3.05) is 5.73 Å². The summed E-state index contributed by atoms with van der Waals surface area (Å²) in [4.78, 5) is 4.02. The van der Waals surface area contributed by atoms with Crippen LogP contribution in [0.25, 0.3) is 11.1 Å². The van der Waals surface area contributed by atoms with Crippen LogP contribution in [-0.2, 0) is 0 Å². The molecular formula is C8H8N2O. The zero-order valence-electron chi connectivity index (χ0n) is 6.16. The fraction of sp³-hybridized carbons (Fsp3) is 0.125. The molecule has 0 atom stereocenters. The molecule has 0 bridgehead atoms. The van der Waals surface area contributed by atoms with Gasteiger partial charge in [-0.15, -0.1) is 0 Å². The summed E-state index contributed by atoms with van der Waals surface area (Å²) in [5, 5.41) is 0.894. The van der Waals surface area contributed by atoms with E-state index in [0.717, 1.165) is 11.1 Å². The number of nitrogens with two attached hydrogens (primary N) is 1. The Hall–Kier alpha value is -1.51. The van der Waals surface area contributed by atoms with E-state index in [9.17, 15) is 0 Å². The maximum Gasteiger partial charge on any atom is 0.228 e. The van der Waals surface area contributed by atoms with E-state index < -0.39 is 0 Å². The van der Waals surface area contributed by atoms with Gasteiger partial charge in [-0.05, 0) is 19.1 Å². The first kappa shape index (κ1) is 6.22. The molecule has 0 spiro atoms. The Balaban J connectivity index is 2.92. The number of furan rings is 1. The lowest BCUT2D eigenvalue weighted by Gasteiger charge is -1.85. The van der Waals surface area contributed by atoms with Crippen molar-refractivity contribution < 1.29 is 4.42 Å². The standard InChI is InChI=1S/C8H8N2O/c1-5-7(9)6-3-2-4-10-8(6)11-5/h2-4H,9H2,1H3. The first-order valence-corrected chi connectivity index (χ1v) is 3.38. The SMILES string of the molecule is Cc1oc2ncccc2c1N. The van der Waals surface area contributed by atoms with Crippen molar-refractivity contribution in [3.05, 3.63) is 24.1 Å². The van der Waals surface area contributed by atoms with Crippen LogP contribution in [0.5, 0.6) is 0 Å². The molecule has 3 nitrogen and oxygen atoms in total. The van der Waals surface area contributed by atoms with E-state index in [1.54, 1.807) is 6.20 Å². The Bertz CT molecular complexity index is 392. The predicted octanol–water partition coefficient (Wildman–Crippen LogP) is 1.72. The van der Waals surface area contributed by atoms with Gasteiger partial charge in [0.1, 0.15) is 5.76 Å². The number of hydrogen-bond donors (Lipinski definition) is 1. The number of anilines is 1. The molecule has 2 heterocycles. The van der Waals surface area contributed by atoms with Crippen molar-refractivity contribution in [1.29, 1.82) is 0 Å². The number of nitrogens with zero attached hydrogens (tertiary/aromatic N) is 1. The van der Waals surface area contributed by atoms with Gasteiger partial charge in [0.05, 0.1) is 11.1 Å². The molecule has 0 radical (unpaired) electrons. The number of hydrogen-bond acceptors (Lipinski definition) is 3. The number of aromatic nitrogens is 1. The molecular weight excluding hydrogens is 140 g/mol. The van der Waals surface area contributed by atoms with Crippen LogP contribution in [0.15, 0.2) is 22.7 Å². The third kappa shape index (κ3) is 0.774. The number of pyridine rings is 1. The third-order valence-corrected chi connectivity index (χ3v) is 1.69. The average molecular weight is 148 g/mol. The second-order valence-corrected chi connectivity index (χ2v) is 2.43. The lowest BCUT2D eigenvalue weighted by Crippen LogP contribution is -1.83. The summed E-state index contributed by atoms with van der Waals surface area (Å²) in [6.45, 7) is 1.83. The topological polar surface area (TPSA) is 52.0 Å². The van der Waals surface area contributed by atoms with Crippen LogP contribution in [0, 0.1) is 6.92 Å². The van der Waals surface area contributed by atoms with Crippen molar-refractivity contribution in [3.63, 3.8) is 0 Å². The lowest BCUT2D eigenvalue weighted by molar-refractivity contribution is 0.569. The van der Waals surface area contributed by atoms with E-state index in [1.165, 1.54) is 0 Å². The normalized spacial score (nSPS) is 10.6. The Kier molecular flexibility index (Phi) is 1.12. The summed E-state index contributed by atoms with van der Waals surface area (Å²) in [5.41, 5.74) is 7.01. The molecule has 11 heavy (non-hydrogen) atoms. The van der Waals surface area contributed by atoms with Crippen molar-refractivity contribution in [2.24, 2.45) is 0 Å². The van der Waals surface area contributed by atoms with Crippen LogP contribution in [0.4, 0.5) is 5.69 Å². The van der Waals surface area contributed by atoms with E-state index in [4.69, 9.17) is 10.2 Å². The lowest BCUT2D eigenvalue weighted by atomic mass is 10.3. The fourth-order valence-corrected chi connectivity index (χ4v) is 1.07. The molecule has 0 saturated heterocycles. The predicted molar refractivity (Wildman–Crippen MR) is 43.2 cm³/mol. The third-order valence-electron chi connectivity index (χ3n) is 1.69. The number of aryl methyl sites for hydroxylation is 1. The van der Waals surface area contributed by atoms with Gasteiger partial charge in [-0.1, -0.05) is 0 Å². The van der Waals surface area contributed by atoms with E-state index >= 15 is 0 Å². The Labute approximate surface area is 63.8 Å². The summed E-state index contributed by atoms with van der Waals surface area (Å²) >= 11 is 0. The van der Waals surface area contributed by atoms with Gasteiger partial charge in [0.25, 0.3) is 0 Å². The smallest absolute Gasteiger partial charge is 0.228 e. The second kappa shape index (κ2) is 1.99. The zero-order valence-corrected chi connectivity index (χ0v) is 6.16. The average Bonchev–Trinajstić information content (AvgIpc) is 2.30. The van der Waals surface area contributed by atoms with Crippen LogP contribution < -0.4 is 5.73 Å². The molecule has 0 aliphatic rings. The molecule has 0 fully saturated rings. The molecule has 2 N–H and O–H groups in total. The first-order chi connectivity index (χ1) is 5.29. The quantitative estimate of drug-likeness (QED) is 0.618. The number of rotatable bonds is 0. The molecule has 3 heteroatoms. The molecule has 0 aliphatic carbocycles.